The highest BCUT2D eigenvalue weighted by molar-refractivity contribution is 7.99. The summed E-state index contributed by atoms with van der Waals surface area (Å²) in [7, 11) is -1.08. The second-order valence-corrected chi connectivity index (χ2v) is 12.6. The SMILES string of the molecule is CCS(=O)(=O)c1ccc2c(c1)CCN(CCCSc1ncc(-c3ccc4ncccc4c3)n1C)CC2. The van der Waals surface area contributed by atoms with Crippen molar-refractivity contribution in [1.82, 2.24) is 19.4 Å². The summed E-state index contributed by atoms with van der Waals surface area (Å²) in [6.07, 6.45) is 6.74. The lowest BCUT2D eigenvalue weighted by atomic mass is 10.0. The van der Waals surface area contributed by atoms with Crippen LogP contribution in [0.4, 0.5) is 0 Å². The van der Waals surface area contributed by atoms with Gasteiger partial charge in [0.1, 0.15) is 0 Å². The van der Waals surface area contributed by atoms with Crippen LogP contribution in [0.5, 0.6) is 0 Å². The monoisotopic (exact) mass is 520 g/mol. The summed E-state index contributed by atoms with van der Waals surface area (Å²) in [5.41, 5.74) is 5.73. The molecule has 5 rings (SSSR count). The van der Waals surface area contributed by atoms with E-state index in [9.17, 15) is 8.42 Å². The van der Waals surface area contributed by atoms with E-state index >= 15 is 0 Å². The van der Waals surface area contributed by atoms with Gasteiger partial charge in [0.05, 0.1) is 28.1 Å². The molecule has 0 atom stereocenters. The number of hydrogen-bond acceptors (Lipinski definition) is 6. The maximum absolute atomic E-state index is 12.3. The molecule has 0 bridgehead atoms. The minimum atomic E-state index is -3.16. The van der Waals surface area contributed by atoms with Crippen LogP contribution in [-0.4, -0.2) is 59.0 Å². The molecule has 0 radical (unpaired) electrons. The van der Waals surface area contributed by atoms with E-state index in [1.54, 1.807) is 24.8 Å². The number of fused-ring (bicyclic) bond motifs is 2. The van der Waals surface area contributed by atoms with Gasteiger partial charge in [-0.1, -0.05) is 36.9 Å². The Kier molecular flexibility index (Phi) is 7.46. The fraction of sp³-hybridized carbons (Fsp3) is 0.357. The lowest BCUT2D eigenvalue weighted by Gasteiger charge is -2.19. The molecule has 0 N–H and O–H groups in total. The van der Waals surface area contributed by atoms with Gasteiger partial charge in [-0.3, -0.25) is 4.98 Å². The van der Waals surface area contributed by atoms with Crippen LogP contribution in [0.15, 0.2) is 71.0 Å². The number of imidazole rings is 1. The molecule has 2 aromatic heterocycles. The van der Waals surface area contributed by atoms with Crippen molar-refractivity contribution in [3.05, 3.63) is 72.1 Å². The molecule has 2 aromatic carbocycles. The number of benzene rings is 2. The minimum absolute atomic E-state index is 0.146. The molecule has 0 spiro atoms. The first kappa shape index (κ1) is 25.0. The highest BCUT2D eigenvalue weighted by atomic mass is 32.2. The average Bonchev–Trinajstić information content (AvgIpc) is 3.14. The lowest BCUT2D eigenvalue weighted by molar-refractivity contribution is 0.289. The van der Waals surface area contributed by atoms with Crippen molar-refractivity contribution < 1.29 is 8.42 Å². The van der Waals surface area contributed by atoms with Gasteiger partial charge in [-0.15, -0.1) is 0 Å². The number of aromatic nitrogens is 3. The third kappa shape index (κ3) is 5.36. The Hall–Kier alpha value is -2.68. The highest BCUT2D eigenvalue weighted by Crippen LogP contribution is 2.28. The predicted molar refractivity (Wildman–Crippen MR) is 147 cm³/mol. The molecule has 8 heteroatoms. The van der Waals surface area contributed by atoms with Crippen molar-refractivity contribution in [2.24, 2.45) is 7.05 Å². The zero-order valence-electron chi connectivity index (χ0n) is 20.9. The van der Waals surface area contributed by atoms with Gasteiger partial charge in [0, 0.05) is 43.0 Å². The van der Waals surface area contributed by atoms with E-state index in [0.717, 1.165) is 72.0 Å². The van der Waals surface area contributed by atoms with Crippen LogP contribution in [0.2, 0.25) is 0 Å². The van der Waals surface area contributed by atoms with Crippen LogP contribution in [0.25, 0.3) is 22.2 Å². The van der Waals surface area contributed by atoms with Crippen LogP contribution in [0.1, 0.15) is 24.5 Å². The molecule has 4 aromatic rings. The van der Waals surface area contributed by atoms with E-state index in [4.69, 9.17) is 0 Å². The van der Waals surface area contributed by atoms with Gasteiger partial charge in [-0.05, 0) is 67.3 Å². The number of thioether (sulfide) groups is 1. The predicted octanol–water partition coefficient (Wildman–Crippen LogP) is 5.01. The van der Waals surface area contributed by atoms with Crippen molar-refractivity contribution in [3.8, 4) is 11.3 Å². The van der Waals surface area contributed by atoms with E-state index in [1.165, 1.54) is 11.1 Å². The molecule has 0 saturated heterocycles. The Bertz CT molecular complexity index is 1480. The van der Waals surface area contributed by atoms with Gasteiger partial charge in [-0.2, -0.15) is 0 Å². The van der Waals surface area contributed by atoms with Crippen molar-refractivity contribution in [3.63, 3.8) is 0 Å². The zero-order chi connectivity index (χ0) is 25.1. The quantitative estimate of drug-likeness (QED) is 0.240. The number of pyridine rings is 1. The third-order valence-corrected chi connectivity index (χ3v) is 9.87. The van der Waals surface area contributed by atoms with Gasteiger partial charge in [-0.25, -0.2) is 13.4 Å². The molecule has 1 aliphatic rings. The van der Waals surface area contributed by atoms with Crippen molar-refractivity contribution in [2.75, 3.05) is 31.1 Å². The number of rotatable bonds is 8. The van der Waals surface area contributed by atoms with Gasteiger partial charge < -0.3 is 9.47 Å². The topological polar surface area (TPSA) is 68.1 Å². The van der Waals surface area contributed by atoms with Crippen LogP contribution >= 0.6 is 11.8 Å². The fourth-order valence-corrected chi connectivity index (χ4v) is 6.62. The first-order valence-corrected chi connectivity index (χ1v) is 15.1. The van der Waals surface area contributed by atoms with Crippen LogP contribution in [0.3, 0.4) is 0 Å². The Morgan fingerprint density at radius 2 is 1.83 bits per heavy atom. The molecule has 0 aliphatic carbocycles. The van der Waals surface area contributed by atoms with Gasteiger partial charge >= 0.3 is 0 Å². The highest BCUT2D eigenvalue weighted by Gasteiger charge is 2.18. The van der Waals surface area contributed by atoms with Crippen LogP contribution in [0, 0.1) is 0 Å². The van der Waals surface area contributed by atoms with Gasteiger partial charge in [0.25, 0.3) is 0 Å². The Morgan fingerprint density at radius 3 is 2.67 bits per heavy atom. The molecule has 36 heavy (non-hydrogen) atoms. The third-order valence-electron chi connectivity index (χ3n) is 7.01. The summed E-state index contributed by atoms with van der Waals surface area (Å²) < 4.78 is 26.7. The summed E-state index contributed by atoms with van der Waals surface area (Å²) >= 11 is 1.80. The largest absolute Gasteiger partial charge is 0.322 e. The lowest BCUT2D eigenvalue weighted by Crippen LogP contribution is -2.27. The fourth-order valence-electron chi connectivity index (χ4n) is 4.81. The molecule has 0 saturated carbocycles. The van der Waals surface area contributed by atoms with Crippen molar-refractivity contribution >= 4 is 32.5 Å². The van der Waals surface area contributed by atoms with E-state index in [2.05, 4.69) is 50.7 Å². The molecule has 0 fully saturated rings. The number of sulfone groups is 1. The van der Waals surface area contributed by atoms with E-state index in [0.29, 0.717) is 4.90 Å². The van der Waals surface area contributed by atoms with Crippen molar-refractivity contribution in [2.45, 2.75) is 36.2 Å². The molecule has 3 heterocycles. The zero-order valence-corrected chi connectivity index (χ0v) is 22.5. The molecular formula is C28H32N4O2S2. The number of nitrogens with zero attached hydrogens (tertiary/aromatic N) is 4. The smallest absolute Gasteiger partial charge is 0.178 e. The summed E-state index contributed by atoms with van der Waals surface area (Å²) in [6, 6.07) is 16.1. The molecule has 1 aliphatic heterocycles. The van der Waals surface area contributed by atoms with E-state index in [-0.39, 0.29) is 5.75 Å². The van der Waals surface area contributed by atoms with Gasteiger partial charge in [0.15, 0.2) is 15.0 Å². The summed E-state index contributed by atoms with van der Waals surface area (Å²) in [6.45, 7) is 4.72. The molecule has 188 valence electrons. The normalized spacial score (nSPS) is 14.6. The minimum Gasteiger partial charge on any atom is -0.322 e. The number of hydrogen-bond donors (Lipinski definition) is 0. The summed E-state index contributed by atoms with van der Waals surface area (Å²) in [4.78, 5) is 12.1. The maximum Gasteiger partial charge on any atom is 0.178 e. The van der Waals surface area contributed by atoms with E-state index in [1.807, 2.05) is 30.6 Å². The van der Waals surface area contributed by atoms with Crippen LogP contribution in [-0.2, 0) is 29.7 Å². The Balaban J connectivity index is 1.15. The van der Waals surface area contributed by atoms with E-state index < -0.39 is 9.84 Å². The molecular weight excluding hydrogens is 488 g/mol. The Labute approximate surface area is 217 Å². The average molecular weight is 521 g/mol. The second-order valence-electron chi connectivity index (χ2n) is 9.27. The molecule has 6 nitrogen and oxygen atoms in total. The maximum atomic E-state index is 12.3. The van der Waals surface area contributed by atoms with Gasteiger partial charge in [0.2, 0.25) is 0 Å². The second kappa shape index (κ2) is 10.7. The molecule has 0 amide bonds. The standard InChI is InChI=1S/C28H32N4O2S2/c1-3-36(33,34)25-9-7-21-11-15-32(16-12-22(21)19-25)14-5-17-35-28-30-20-27(31(28)2)24-8-10-26-23(18-24)6-4-13-29-26/h4,6-10,13,18-20H,3,5,11-12,14-17H2,1-2H3. The first-order valence-electron chi connectivity index (χ1n) is 12.5. The summed E-state index contributed by atoms with van der Waals surface area (Å²) in [5.74, 6) is 1.15. The summed E-state index contributed by atoms with van der Waals surface area (Å²) in [5, 5.41) is 2.16. The van der Waals surface area contributed by atoms with Crippen molar-refractivity contribution in [1.29, 1.82) is 0 Å². The van der Waals surface area contributed by atoms with Crippen LogP contribution < -0.4 is 0 Å². The molecule has 0 unspecified atom stereocenters. The Morgan fingerprint density at radius 1 is 1.00 bits per heavy atom. The first-order chi connectivity index (χ1) is 17.4.